The number of halogens is 1. The van der Waals surface area contributed by atoms with E-state index in [0.717, 1.165) is 35.9 Å². The van der Waals surface area contributed by atoms with Crippen LogP contribution in [-0.4, -0.2) is 60.9 Å². The van der Waals surface area contributed by atoms with Crippen LogP contribution >= 0.6 is 11.6 Å². The Kier molecular flexibility index (Phi) is 7.17. The lowest BCUT2D eigenvalue weighted by molar-refractivity contribution is -0.143. The third-order valence-corrected chi connectivity index (χ3v) is 6.44. The van der Waals surface area contributed by atoms with Crippen LogP contribution in [0.15, 0.2) is 29.4 Å². The molecule has 10 heteroatoms. The maximum atomic E-state index is 12.6. The van der Waals surface area contributed by atoms with E-state index >= 15 is 0 Å². The number of carbonyl (C=O) groups is 2. The van der Waals surface area contributed by atoms with Crippen LogP contribution in [0.2, 0.25) is 5.02 Å². The summed E-state index contributed by atoms with van der Waals surface area (Å²) in [6.45, 7) is 2.16. The smallest absolute Gasteiger partial charge is 0.436 e. The minimum Gasteiger partial charge on any atom is -0.469 e. The quantitative estimate of drug-likeness (QED) is 0.312. The molecule has 1 atom stereocenters. The van der Waals surface area contributed by atoms with E-state index in [1.807, 2.05) is 18.2 Å². The summed E-state index contributed by atoms with van der Waals surface area (Å²) in [7, 11) is 1.37. The number of piperazine rings is 1. The molecule has 1 saturated heterocycles. The molecular weight excluding hydrogens is 446 g/mol. The maximum Gasteiger partial charge on any atom is 0.436 e. The number of nitrogens with zero attached hydrogens (tertiary/aromatic N) is 4. The fourth-order valence-corrected chi connectivity index (χ4v) is 4.59. The fourth-order valence-electron chi connectivity index (χ4n) is 4.43. The highest BCUT2D eigenvalue weighted by Gasteiger charge is 2.29. The van der Waals surface area contributed by atoms with Gasteiger partial charge in [0.2, 0.25) is 0 Å². The monoisotopic (exact) mass is 473 g/mol. The highest BCUT2D eigenvalue weighted by atomic mass is 35.5. The number of hydrogen-bond acceptors (Lipinski definition) is 8. The predicted octanol–water partition coefficient (Wildman–Crippen LogP) is 3.84. The summed E-state index contributed by atoms with van der Waals surface area (Å²) in [5.41, 5.74) is 8.29. The van der Waals surface area contributed by atoms with Crippen LogP contribution < -0.4 is 10.6 Å². The van der Waals surface area contributed by atoms with E-state index in [-0.39, 0.29) is 5.97 Å². The first-order valence-corrected chi connectivity index (χ1v) is 11.6. The van der Waals surface area contributed by atoms with Gasteiger partial charge >= 0.3 is 12.1 Å². The number of oxime groups is 1. The molecule has 4 rings (SSSR count). The molecule has 0 radical (unpaired) electrons. The molecule has 2 aromatic rings. The van der Waals surface area contributed by atoms with Crippen LogP contribution in [-0.2, 0) is 14.4 Å². The zero-order valence-corrected chi connectivity index (χ0v) is 19.4. The van der Waals surface area contributed by atoms with Crippen LogP contribution in [0.5, 0.6) is 0 Å². The Morgan fingerprint density at radius 3 is 2.70 bits per heavy atom. The van der Waals surface area contributed by atoms with Crippen molar-refractivity contribution in [2.45, 2.75) is 32.1 Å². The van der Waals surface area contributed by atoms with Gasteiger partial charge in [-0.1, -0.05) is 29.6 Å². The molecule has 1 unspecified atom stereocenters. The number of methoxy groups -OCH3 is 1. The van der Waals surface area contributed by atoms with E-state index < -0.39 is 12.0 Å². The summed E-state index contributed by atoms with van der Waals surface area (Å²) in [6.07, 6.45) is 3.63. The van der Waals surface area contributed by atoms with Crippen LogP contribution in [0.4, 0.5) is 16.3 Å². The van der Waals surface area contributed by atoms with Gasteiger partial charge in [-0.3, -0.25) is 9.63 Å². The molecule has 1 amide bonds. The van der Waals surface area contributed by atoms with Gasteiger partial charge in [0.25, 0.3) is 0 Å². The van der Waals surface area contributed by atoms with E-state index in [9.17, 15) is 9.59 Å². The van der Waals surface area contributed by atoms with Gasteiger partial charge < -0.3 is 20.3 Å². The van der Waals surface area contributed by atoms with Crippen LogP contribution in [0.1, 0.15) is 32.1 Å². The van der Waals surface area contributed by atoms with Gasteiger partial charge in [-0.2, -0.15) is 0 Å². The van der Waals surface area contributed by atoms with Gasteiger partial charge in [-0.15, -0.1) is 0 Å². The second kappa shape index (κ2) is 10.2. The van der Waals surface area contributed by atoms with Crippen LogP contribution in [0.25, 0.3) is 10.9 Å². The lowest BCUT2D eigenvalue weighted by atomic mass is 9.98. The number of fused-ring (bicyclic) bond motifs is 1. The molecule has 2 N–H and O–H groups in total. The number of nitrogen functional groups attached to an aromatic ring is 1. The topological polar surface area (TPSA) is 110 Å². The third-order valence-electron chi connectivity index (χ3n) is 6.20. The Balaban J connectivity index is 1.41. The van der Waals surface area contributed by atoms with Gasteiger partial charge in [0.05, 0.1) is 24.3 Å². The standard InChI is InChI=1S/C23H28ClN5O4/c1-32-22(30)17-5-3-2-4-6-18(17)27-33-23(31)29-11-9-28(10-12-29)20-14-21(25)26-19-13-15(24)7-8-16(19)20/h7-8,13-14,17H,2-6,9-12H2,1H3,(H2,25,26). The second-order valence-electron chi connectivity index (χ2n) is 8.32. The Morgan fingerprint density at radius 2 is 1.94 bits per heavy atom. The number of carbonyl (C=O) groups excluding carboxylic acids is 2. The van der Waals surface area contributed by atoms with E-state index in [1.54, 1.807) is 11.0 Å². The fraction of sp³-hybridized carbons (Fsp3) is 0.478. The number of esters is 1. The van der Waals surface area contributed by atoms with Gasteiger partial charge in [0, 0.05) is 48.3 Å². The number of benzene rings is 1. The number of hydrogen-bond donors (Lipinski definition) is 1. The summed E-state index contributed by atoms with van der Waals surface area (Å²) in [5, 5.41) is 5.64. The number of nitrogens with two attached hydrogens (primary N) is 1. The zero-order chi connectivity index (χ0) is 23.4. The molecule has 1 aromatic carbocycles. The molecule has 2 heterocycles. The summed E-state index contributed by atoms with van der Waals surface area (Å²) < 4.78 is 4.90. The van der Waals surface area contributed by atoms with Crippen molar-refractivity contribution < 1.29 is 19.2 Å². The van der Waals surface area contributed by atoms with Gasteiger partial charge in [-0.25, -0.2) is 9.78 Å². The molecule has 2 fully saturated rings. The molecular formula is C23H28ClN5O4. The highest BCUT2D eigenvalue weighted by molar-refractivity contribution is 6.31. The van der Waals surface area contributed by atoms with Crippen LogP contribution in [0.3, 0.4) is 0 Å². The normalized spacial score (nSPS) is 20.5. The first-order valence-electron chi connectivity index (χ1n) is 11.2. The number of ether oxygens (including phenoxy) is 1. The number of aromatic nitrogens is 1. The zero-order valence-electron chi connectivity index (χ0n) is 18.6. The number of amides is 1. The molecule has 1 aromatic heterocycles. The molecule has 2 aliphatic rings. The Labute approximate surface area is 197 Å². The number of anilines is 2. The third kappa shape index (κ3) is 5.30. The van der Waals surface area contributed by atoms with Crippen molar-refractivity contribution in [2.24, 2.45) is 11.1 Å². The average molecular weight is 474 g/mol. The van der Waals surface area contributed by atoms with Gasteiger partial charge in [0.1, 0.15) is 5.82 Å². The lowest BCUT2D eigenvalue weighted by Crippen LogP contribution is -2.48. The van der Waals surface area contributed by atoms with Crippen molar-refractivity contribution in [1.82, 2.24) is 9.88 Å². The van der Waals surface area contributed by atoms with Crippen molar-refractivity contribution in [3.05, 3.63) is 29.3 Å². The lowest BCUT2D eigenvalue weighted by Gasteiger charge is -2.35. The minimum absolute atomic E-state index is 0.328. The molecule has 0 bridgehead atoms. The summed E-state index contributed by atoms with van der Waals surface area (Å²) >= 11 is 6.10. The van der Waals surface area contributed by atoms with Crippen molar-refractivity contribution >= 4 is 51.8 Å². The summed E-state index contributed by atoms with van der Waals surface area (Å²) in [4.78, 5) is 38.1. The van der Waals surface area contributed by atoms with Crippen molar-refractivity contribution in [2.75, 3.05) is 43.9 Å². The van der Waals surface area contributed by atoms with E-state index in [2.05, 4.69) is 15.0 Å². The van der Waals surface area contributed by atoms with E-state index in [4.69, 9.17) is 26.9 Å². The van der Waals surface area contributed by atoms with Crippen LogP contribution in [0, 0.1) is 5.92 Å². The molecule has 0 spiro atoms. The molecule has 1 aliphatic carbocycles. The van der Waals surface area contributed by atoms with E-state index in [1.165, 1.54) is 7.11 Å². The minimum atomic E-state index is -0.513. The van der Waals surface area contributed by atoms with Gasteiger partial charge in [0.15, 0.2) is 0 Å². The van der Waals surface area contributed by atoms with Gasteiger partial charge in [-0.05, 0) is 37.5 Å². The number of pyridine rings is 1. The second-order valence-corrected chi connectivity index (χ2v) is 8.75. The summed E-state index contributed by atoms with van der Waals surface area (Å²) in [5.74, 6) is -0.354. The molecule has 9 nitrogen and oxygen atoms in total. The highest BCUT2D eigenvalue weighted by Crippen LogP contribution is 2.30. The Hall–Kier alpha value is -3.07. The SMILES string of the molecule is COC(=O)C1CCCCCC1=NOC(=O)N1CCN(c2cc(N)nc3cc(Cl)ccc23)CC1. The average Bonchev–Trinajstić information content (AvgIpc) is 3.07. The molecule has 1 aliphatic heterocycles. The first-order chi connectivity index (χ1) is 16.0. The van der Waals surface area contributed by atoms with Crippen molar-refractivity contribution in [1.29, 1.82) is 0 Å². The first kappa shape index (κ1) is 23.1. The predicted molar refractivity (Wildman–Crippen MR) is 127 cm³/mol. The van der Waals surface area contributed by atoms with Crippen molar-refractivity contribution in [3.8, 4) is 0 Å². The number of rotatable bonds is 3. The largest absolute Gasteiger partial charge is 0.469 e. The summed E-state index contributed by atoms with van der Waals surface area (Å²) in [6, 6.07) is 7.39. The Bertz CT molecular complexity index is 1060. The maximum absolute atomic E-state index is 12.6. The van der Waals surface area contributed by atoms with Crippen molar-refractivity contribution in [3.63, 3.8) is 0 Å². The molecule has 176 valence electrons. The molecule has 33 heavy (non-hydrogen) atoms. The van der Waals surface area contributed by atoms with E-state index in [0.29, 0.717) is 55.6 Å². The Morgan fingerprint density at radius 1 is 1.15 bits per heavy atom. The molecule has 1 saturated carbocycles.